The second kappa shape index (κ2) is 6.45. The van der Waals surface area contributed by atoms with Gasteiger partial charge in [-0.15, -0.1) is 0 Å². The highest BCUT2D eigenvalue weighted by atomic mass is 16.5. The molecule has 1 heterocycles. The van der Waals surface area contributed by atoms with E-state index in [2.05, 4.69) is 10.3 Å². The summed E-state index contributed by atoms with van der Waals surface area (Å²) in [6, 6.07) is 5.35. The van der Waals surface area contributed by atoms with Gasteiger partial charge in [-0.25, -0.2) is 9.78 Å². The molecule has 1 aromatic heterocycles. The van der Waals surface area contributed by atoms with Crippen LogP contribution < -0.4 is 5.32 Å². The lowest BCUT2D eigenvalue weighted by Crippen LogP contribution is -2.14. The van der Waals surface area contributed by atoms with Crippen molar-refractivity contribution in [3.05, 3.63) is 23.4 Å². The number of aromatic nitrogens is 1. The summed E-state index contributed by atoms with van der Waals surface area (Å²) in [4.78, 5) is 14.3. The Bertz CT molecular complexity index is 440. The van der Waals surface area contributed by atoms with E-state index in [1.54, 1.807) is 19.1 Å². The number of pyridine rings is 1. The van der Waals surface area contributed by atoms with Gasteiger partial charge in [-0.3, -0.25) is 0 Å². The maximum atomic E-state index is 10.2. The number of carbonyl (C=O) groups is 1. The number of nitrogens with zero attached hydrogens (tertiary/aromatic N) is 2. The first-order valence-corrected chi connectivity index (χ1v) is 5.04. The van der Waals surface area contributed by atoms with E-state index in [4.69, 9.17) is 15.1 Å². The molecule has 6 nitrogen and oxygen atoms in total. The molecule has 0 bridgehead atoms. The van der Waals surface area contributed by atoms with Crippen molar-refractivity contribution in [1.29, 1.82) is 5.26 Å². The SMILES string of the molecule is Cc1cc(C#N)cc(NCCOCC(=O)O)n1. The Balaban J connectivity index is 2.39. The molecule has 0 unspecified atom stereocenters. The van der Waals surface area contributed by atoms with Gasteiger partial charge in [0, 0.05) is 12.2 Å². The van der Waals surface area contributed by atoms with Crippen LogP contribution in [0.15, 0.2) is 12.1 Å². The van der Waals surface area contributed by atoms with Crippen LogP contribution >= 0.6 is 0 Å². The summed E-state index contributed by atoms with van der Waals surface area (Å²) >= 11 is 0. The predicted octanol–water partition coefficient (Wildman–Crippen LogP) is 0.775. The van der Waals surface area contributed by atoms with E-state index >= 15 is 0 Å². The van der Waals surface area contributed by atoms with Crippen molar-refractivity contribution in [3.8, 4) is 6.07 Å². The smallest absolute Gasteiger partial charge is 0.329 e. The number of aliphatic carboxylic acids is 1. The second-order valence-electron chi connectivity index (χ2n) is 3.37. The maximum Gasteiger partial charge on any atom is 0.329 e. The normalized spacial score (nSPS) is 9.65. The van der Waals surface area contributed by atoms with Crippen LogP contribution in [0.5, 0.6) is 0 Å². The molecular formula is C11H13N3O3. The molecule has 0 aliphatic carbocycles. The average molecular weight is 235 g/mol. The minimum absolute atomic E-state index is 0.268. The van der Waals surface area contributed by atoms with E-state index in [0.717, 1.165) is 5.69 Å². The van der Waals surface area contributed by atoms with E-state index < -0.39 is 5.97 Å². The molecule has 17 heavy (non-hydrogen) atoms. The Labute approximate surface area is 98.9 Å². The molecule has 0 saturated heterocycles. The molecular weight excluding hydrogens is 222 g/mol. The molecule has 0 fully saturated rings. The van der Waals surface area contributed by atoms with Gasteiger partial charge in [-0.1, -0.05) is 0 Å². The van der Waals surface area contributed by atoms with E-state index in [-0.39, 0.29) is 13.2 Å². The summed E-state index contributed by atoms with van der Waals surface area (Å²) in [5, 5.41) is 20.1. The van der Waals surface area contributed by atoms with Crippen molar-refractivity contribution in [2.75, 3.05) is 25.1 Å². The summed E-state index contributed by atoms with van der Waals surface area (Å²) in [6.07, 6.45) is 0. The Morgan fingerprint density at radius 1 is 1.65 bits per heavy atom. The molecule has 2 N–H and O–H groups in total. The fourth-order valence-corrected chi connectivity index (χ4v) is 1.23. The third-order valence-electron chi connectivity index (χ3n) is 1.86. The number of hydrogen-bond donors (Lipinski definition) is 2. The van der Waals surface area contributed by atoms with E-state index in [1.807, 2.05) is 6.07 Å². The Morgan fingerprint density at radius 2 is 2.41 bits per heavy atom. The zero-order valence-electron chi connectivity index (χ0n) is 9.43. The highest BCUT2D eigenvalue weighted by molar-refractivity contribution is 5.67. The van der Waals surface area contributed by atoms with Crippen LogP contribution in [-0.2, 0) is 9.53 Å². The summed E-state index contributed by atoms with van der Waals surface area (Å²) < 4.78 is 4.85. The van der Waals surface area contributed by atoms with Gasteiger partial charge in [0.05, 0.1) is 18.2 Å². The zero-order valence-corrected chi connectivity index (χ0v) is 9.43. The van der Waals surface area contributed by atoms with Crippen LogP contribution in [0.3, 0.4) is 0 Å². The molecule has 0 aliphatic rings. The predicted molar refractivity (Wildman–Crippen MR) is 60.6 cm³/mol. The molecule has 0 amide bonds. The number of nitrogens with one attached hydrogen (secondary N) is 1. The Hall–Kier alpha value is -2.13. The third-order valence-corrected chi connectivity index (χ3v) is 1.86. The topological polar surface area (TPSA) is 95.2 Å². The first kappa shape index (κ1) is 12.9. The average Bonchev–Trinajstić information content (AvgIpc) is 2.27. The largest absolute Gasteiger partial charge is 0.480 e. The van der Waals surface area contributed by atoms with Crippen LogP contribution in [-0.4, -0.2) is 35.8 Å². The fourth-order valence-electron chi connectivity index (χ4n) is 1.23. The van der Waals surface area contributed by atoms with Crippen molar-refractivity contribution < 1.29 is 14.6 Å². The number of nitriles is 1. The second-order valence-corrected chi connectivity index (χ2v) is 3.37. The standard InChI is InChI=1S/C11H13N3O3/c1-8-4-9(6-12)5-10(14-8)13-2-3-17-7-11(15)16/h4-5H,2-3,7H2,1H3,(H,13,14)(H,15,16). The number of ether oxygens (including phenoxy) is 1. The molecule has 0 radical (unpaired) electrons. The van der Waals surface area contributed by atoms with Gasteiger partial charge in [-0.2, -0.15) is 5.26 Å². The molecule has 1 aromatic rings. The van der Waals surface area contributed by atoms with Gasteiger partial charge in [0.25, 0.3) is 0 Å². The highest BCUT2D eigenvalue weighted by Gasteiger charge is 2.00. The van der Waals surface area contributed by atoms with Crippen LogP contribution in [0, 0.1) is 18.3 Å². The minimum Gasteiger partial charge on any atom is -0.480 e. The molecule has 0 atom stereocenters. The molecule has 6 heteroatoms. The molecule has 1 rings (SSSR count). The lowest BCUT2D eigenvalue weighted by Gasteiger charge is -2.06. The van der Waals surface area contributed by atoms with Crippen molar-refractivity contribution >= 4 is 11.8 Å². The van der Waals surface area contributed by atoms with Crippen molar-refractivity contribution in [2.45, 2.75) is 6.92 Å². The fraction of sp³-hybridized carbons (Fsp3) is 0.364. The summed E-state index contributed by atoms with van der Waals surface area (Å²) in [5.41, 5.74) is 1.28. The highest BCUT2D eigenvalue weighted by Crippen LogP contribution is 2.08. The van der Waals surface area contributed by atoms with Crippen molar-refractivity contribution in [1.82, 2.24) is 4.98 Å². The number of aryl methyl sites for hydroxylation is 1. The van der Waals surface area contributed by atoms with Gasteiger partial charge in [0.2, 0.25) is 0 Å². The molecule has 0 saturated carbocycles. The third kappa shape index (κ3) is 4.95. The zero-order chi connectivity index (χ0) is 12.7. The van der Waals surface area contributed by atoms with Crippen molar-refractivity contribution in [3.63, 3.8) is 0 Å². The first-order chi connectivity index (χ1) is 8.11. The summed E-state index contributed by atoms with van der Waals surface area (Å²) in [7, 11) is 0. The number of anilines is 1. The number of carboxylic acids is 1. The van der Waals surface area contributed by atoms with Crippen LogP contribution in [0.4, 0.5) is 5.82 Å². The Kier molecular flexibility index (Phi) is 4.91. The lowest BCUT2D eigenvalue weighted by atomic mass is 10.2. The lowest BCUT2D eigenvalue weighted by molar-refractivity contribution is -0.142. The van der Waals surface area contributed by atoms with E-state index in [0.29, 0.717) is 17.9 Å². The van der Waals surface area contributed by atoms with Gasteiger partial charge in [-0.05, 0) is 19.1 Å². The van der Waals surface area contributed by atoms with Crippen LogP contribution in [0.2, 0.25) is 0 Å². The quantitative estimate of drug-likeness (QED) is 0.707. The minimum atomic E-state index is -0.995. The van der Waals surface area contributed by atoms with E-state index in [1.165, 1.54) is 0 Å². The first-order valence-electron chi connectivity index (χ1n) is 5.04. The number of carboxylic acid groups (broad SMARTS) is 1. The van der Waals surface area contributed by atoms with Gasteiger partial charge in [0.15, 0.2) is 0 Å². The molecule has 0 spiro atoms. The van der Waals surface area contributed by atoms with Gasteiger partial charge in [0.1, 0.15) is 12.4 Å². The summed E-state index contributed by atoms with van der Waals surface area (Å²) in [5.74, 6) is -0.411. The number of hydrogen-bond acceptors (Lipinski definition) is 5. The molecule has 0 aliphatic heterocycles. The van der Waals surface area contributed by atoms with Crippen LogP contribution in [0.25, 0.3) is 0 Å². The van der Waals surface area contributed by atoms with Crippen molar-refractivity contribution in [2.24, 2.45) is 0 Å². The van der Waals surface area contributed by atoms with Gasteiger partial charge >= 0.3 is 5.97 Å². The number of rotatable bonds is 6. The molecule has 0 aromatic carbocycles. The Morgan fingerprint density at radius 3 is 3.06 bits per heavy atom. The molecule has 90 valence electrons. The monoisotopic (exact) mass is 235 g/mol. The summed E-state index contributed by atoms with van der Waals surface area (Å²) in [6.45, 7) is 2.19. The maximum absolute atomic E-state index is 10.2. The van der Waals surface area contributed by atoms with Crippen LogP contribution in [0.1, 0.15) is 11.3 Å². The van der Waals surface area contributed by atoms with Gasteiger partial charge < -0.3 is 15.2 Å². The van der Waals surface area contributed by atoms with E-state index in [9.17, 15) is 4.79 Å².